The van der Waals surface area contributed by atoms with Crippen molar-refractivity contribution in [1.29, 1.82) is 0 Å². The van der Waals surface area contributed by atoms with Crippen LogP contribution in [0.5, 0.6) is 0 Å². The van der Waals surface area contributed by atoms with Gasteiger partial charge in [-0.1, -0.05) is 309 Å². The second kappa shape index (κ2) is 55.2. The lowest BCUT2D eigenvalue weighted by Gasteiger charge is -2.06. The first kappa shape index (κ1) is 58.2. The van der Waals surface area contributed by atoms with Gasteiger partial charge in [0.25, 0.3) is 0 Å². The summed E-state index contributed by atoms with van der Waals surface area (Å²) < 4.78 is 5.49. The number of carbonyl (C=O) groups excluding carboxylic acids is 1. The van der Waals surface area contributed by atoms with Crippen molar-refractivity contribution in [2.24, 2.45) is 0 Å². The molecule has 2 nitrogen and oxygen atoms in total. The molecule has 0 fully saturated rings. The number of ether oxygens (including phenoxy) is 1. The summed E-state index contributed by atoms with van der Waals surface area (Å²) in [6, 6.07) is 0. The van der Waals surface area contributed by atoms with Crippen LogP contribution in [-0.2, 0) is 9.53 Å². The Morgan fingerprint density at radius 3 is 0.729 bits per heavy atom. The fourth-order valence-corrected chi connectivity index (χ4v) is 8.96. The van der Waals surface area contributed by atoms with E-state index in [1.165, 1.54) is 308 Å². The van der Waals surface area contributed by atoms with E-state index in [4.69, 9.17) is 4.74 Å². The van der Waals surface area contributed by atoms with Crippen molar-refractivity contribution < 1.29 is 9.53 Å². The van der Waals surface area contributed by atoms with Gasteiger partial charge in [-0.2, -0.15) is 0 Å². The van der Waals surface area contributed by atoms with Gasteiger partial charge in [0, 0.05) is 6.42 Å². The zero-order chi connectivity index (χ0) is 42.5. The number of hydrogen-bond donors (Lipinski definition) is 0. The highest BCUT2D eigenvalue weighted by Crippen LogP contribution is 2.18. The molecule has 0 bridgehead atoms. The second-order valence-corrected chi connectivity index (χ2v) is 19.3. The molecule has 2 heteroatoms. The fourth-order valence-electron chi connectivity index (χ4n) is 8.96. The van der Waals surface area contributed by atoms with E-state index in [0.717, 1.165) is 12.8 Å². The Balaban J connectivity index is 3.15. The van der Waals surface area contributed by atoms with Crippen molar-refractivity contribution in [2.75, 3.05) is 6.61 Å². The van der Waals surface area contributed by atoms with Crippen molar-refractivity contribution >= 4 is 5.97 Å². The third kappa shape index (κ3) is 55.2. The molecule has 0 aliphatic rings. The van der Waals surface area contributed by atoms with Crippen LogP contribution in [0.4, 0.5) is 0 Å². The number of allylic oxidation sites excluding steroid dienone is 2. The van der Waals surface area contributed by atoms with Gasteiger partial charge in [-0.25, -0.2) is 0 Å². The summed E-state index contributed by atoms with van der Waals surface area (Å²) in [6.45, 7) is 5.22. The smallest absolute Gasteiger partial charge is 0.305 e. The number of carbonyl (C=O) groups is 1. The predicted octanol–water partition coefficient (Wildman–Crippen LogP) is 21.0. The van der Waals surface area contributed by atoms with E-state index in [9.17, 15) is 4.79 Å². The SMILES string of the molecule is CCCCCCCC/C=C/CCCCCCCCOC(=O)CCCCCCCCCCCCCCCCCCCCCCCCCCCCCCCCCCCCCC. The summed E-state index contributed by atoms with van der Waals surface area (Å²) in [5.41, 5.74) is 0. The van der Waals surface area contributed by atoms with Crippen LogP contribution in [0, 0.1) is 0 Å². The molecule has 0 aliphatic carbocycles. The summed E-state index contributed by atoms with van der Waals surface area (Å²) in [6.07, 6.45) is 75.4. The molecule has 352 valence electrons. The first-order valence-electron chi connectivity index (χ1n) is 28.1. The first-order valence-corrected chi connectivity index (χ1v) is 28.1. The van der Waals surface area contributed by atoms with E-state index in [-0.39, 0.29) is 5.97 Å². The summed E-state index contributed by atoms with van der Waals surface area (Å²) in [5.74, 6) is 0.0268. The van der Waals surface area contributed by atoms with Gasteiger partial charge in [0.2, 0.25) is 0 Å². The lowest BCUT2D eigenvalue weighted by atomic mass is 10.0. The van der Waals surface area contributed by atoms with Crippen molar-refractivity contribution in [3.05, 3.63) is 12.2 Å². The second-order valence-electron chi connectivity index (χ2n) is 19.3. The fraction of sp³-hybridized carbons (Fsp3) is 0.947. The standard InChI is InChI=1S/C57H112O2/c1-3-5-7-9-11-13-15-17-19-21-22-23-24-25-26-27-28-29-30-31-32-33-34-35-36-37-38-39-40-41-43-45-47-49-51-53-55-57(58)59-56-54-52-50-48-46-44-42-20-18-16-14-12-10-8-6-4-2/h18,20H,3-17,19,21-56H2,1-2H3/b20-18+. The molecule has 0 aromatic carbocycles. The van der Waals surface area contributed by atoms with E-state index in [0.29, 0.717) is 13.0 Å². The Labute approximate surface area is 374 Å². The molecule has 0 aliphatic heterocycles. The molecule has 0 aromatic rings. The molecule has 0 atom stereocenters. The van der Waals surface area contributed by atoms with E-state index < -0.39 is 0 Å². The average Bonchev–Trinajstić information content (AvgIpc) is 3.24. The monoisotopic (exact) mass is 829 g/mol. The zero-order valence-electron chi connectivity index (χ0n) is 41.2. The summed E-state index contributed by atoms with van der Waals surface area (Å²) in [5, 5.41) is 0. The molecule has 0 rings (SSSR count). The number of unbranched alkanes of at least 4 members (excludes halogenated alkanes) is 47. The van der Waals surface area contributed by atoms with Crippen LogP contribution in [0.3, 0.4) is 0 Å². The van der Waals surface area contributed by atoms with Gasteiger partial charge in [0.1, 0.15) is 0 Å². The maximum Gasteiger partial charge on any atom is 0.305 e. The Morgan fingerprint density at radius 2 is 0.475 bits per heavy atom. The van der Waals surface area contributed by atoms with Crippen molar-refractivity contribution in [1.82, 2.24) is 0 Å². The molecule has 0 amide bonds. The molecule has 0 spiro atoms. The van der Waals surface area contributed by atoms with Crippen LogP contribution in [0.1, 0.15) is 341 Å². The topological polar surface area (TPSA) is 26.3 Å². The summed E-state index contributed by atoms with van der Waals surface area (Å²) in [7, 11) is 0. The van der Waals surface area contributed by atoms with Gasteiger partial charge < -0.3 is 4.74 Å². The average molecular weight is 830 g/mol. The number of hydrogen-bond acceptors (Lipinski definition) is 2. The van der Waals surface area contributed by atoms with Crippen molar-refractivity contribution in [3.63, 3.8) is 0 Å². The lowest BCUT2D eigenvalue weighted by Crippen LogP contribution is -2.05. The van der Waals surface area contributed by atoms with Gasteiger partial charge in [0.05, 0.1) is 6.61 Å². The summed E-state index contributed by atoms with van der Waals surface area (Å²) >= 11 is 0. The molecule has 0 heterocycles. The quantitative estimate of drug-likeness (QED) is 0.0347. The van der Waals surface area contributed by atoms with Gasteiger partial charge in [-0.3, -0.25) is 4.79 Å². The minimum atomic E-state index is 0.0268. The maximum absolute atomic E-state index is 12.1. The molecule has 59 heavy (non-hydrogen) atoms. The molecule has 0 radical (unpaired) electrons. The summed E-state index contributed by atoms with van der Waals surface area (Å²) in [4.78, 5) is 12.1. The third-order valence-corrected chi connectivity index (χ3v) is 13.2. The number of rotatable bonds is 53. The highest BCUT2D eigenvalue weighted by molar-refractivity contribution is 5.69. The first-order chi connectivity index (χ1) is 29.3. The maximum atomic E-state index is 12.1. The third-order valence-electron chi connectivity index (χ3n) is 13.2. The van der Waals surface area contributed by atoms with E-state index in [1.807, 2.05) is 0 Å². The van der Waals surface area contributed by atoms with Crippen LogP contribution in [0.2, 0.25) is 0 Å². The Morgan fingerprint density at radius 1 is 0.271 bits per heavy atom. The van der Waals surface area contributed by atoms with Crippen molar-refractivity contribution in [2.45, 2.75) is 341 Å². The highest BCUT2D eigenvalue weighted by atomic mass is 16.5. The molecule has 0 saturated carbocycles. The minimum absolute atomic E-state index is 0.0268. The van der Waals surface area contributed by atoms with Crippen molar-refractivity contribution in [3.8, 4) is 0 Å². The largest absolute Gasteiger partial charge is 0.466 e. The van der Waals surface area contributed by atoms with Gasteiger partial charge in [0.15, 0.2) is 0 Å². The minimum Gasteiger partial charge on any atom is -0.466 e. The van der Waals surface area contributed by atoms with Crippen LogP contribution in [0.15, 0.2) is 12.2 Å². The highest BCUT2D eigenvalue weighted by Gasteiger charge is 2.03. The predicted molar refractivity (Wildman–Crippen MR) is 267 cm³/mol. The lowest BCUT2D eigenvalue weighted by molar-refractivity contribution is -0.143. The zero-order valence-corrected chi connectivity index (χ0v) is 41.2. The number of esters is 1. The van der Waals surface area contributed by atoms with Gasteiger partial charge in [-0.15, -0.1) is 0 Å². The molecule has 0 aromatic heterocycles. The Kier molecular flexibility index (Phi) is 54.5. The normalized spacial score (nSPS) is 11.7. The molecule has 0 saturated heterocycles. The van der Waals surface area contributed by atoms with Gasteiger partial charge in [-0.05, 0) is 38.5 Å². The Hall–Kier alpha value is -0.790. The molecular formula is C57H112O2. The van der Waals surface area contributed by atoms with Crippen LogP contribution in [-0.4, -0.2) is 12.6 Å². The molecular weight excluding hydrogens is 717 g/mol. The van der Waals surface area contributed by atoms with E-state index >= 15 is 0 Å². The molecule has 0 N–H and O–H groups in total. The molecule has 0 unspecified atom stereocenters. The van der Waals surface area contributed by atoms with Crippen LogP contribution in [0.25, 0.3) is 0 Å². The van der Waals surface area contributed by atoms with Crippen LogP contribution < -0.4 is 0 Å². The van der Waals surface area contributed by atoms with E-state index in [2.05, 4.69) is 26.0 Å². The van der Waals surface area contributed by atoms with Gasteiger partial charge >= 0.3 is 5.97 Å². The van der Waals surface area contributed by atoms with Crippen LogP contribution >= 0.6 is 0 Å². The van der Waals surface area contributed by atoms with E-state index in [1.54, 1.807) is 0 Å². The Bertz CT molecular complexity index is 773.